The van der Waals surface area contributed by atoms with Crippen molar-refractivity contribution in [3.63, 3.8) is 0 Å². The molecule has 1 saturated heterocycles. The molecule has 0 saturated carbocycles. The molecular formula is C12H15F3N4O3. The van der Waals surface area contributed by atoms with Crippen LogP contribution >= 0.6 is 0 Å². The van der Waals surface area contributed by atoms with Crippen LogP contribution in [0.25, 0.3) is 0 Å². The summed E-state index contributed by atoms with van der Waals surface area (Å²) in [5.74, 6) is -1.00. The van der Waals surface area contributed by atoms with E-state index in [4.69, 9.17) is 5.11 Å². The number of hydrogen-bond donors (Lipinski definition) is 2. The Labute approximate surface area is 123 Å². The molecule has 0 radical (unpaired) electrons. The molecule has 1 aliphatic heterocycles. The normalized spacial score (nSPS) is 21.9. The quantitative estimate of drug-likeness (QED) is 0.888. The summed E-state index contributed by atoms with van der Waals surface area (Å²) >= 11 is 0. The third kappa shape index (κ3) is 3.68. The number of carboxylic acid groups (broad SMARTS) is 1. The molecule has 2 heterocycles. The van der Waals surface area contributed by atoms with Gasteiger partial charge < -0.3 is 10.0 Å². The van der Waals surface area contributed by atoms with E-state index in [2.05, 4.69) is 10.4 Å². The van der Waals surface area contributed by atoms with Crippen LogP contribution in [0.15, 0.2) is 12.3 Å². The number of hydrogen-bond acceptors (Lipinski definition) is 3. The molecule has 0 spiro atoms. The molecule has 1 aromatic heterocycles. The van der Waals surface area contributed by atoms with Gasteiger partial charge in [-0.2, -0.15) is 18.3 Å². The van der Waals surface area contributed by atoms with Crippen LogP contribution < -0.4 is 5.32 Å². The lowest BCUT2D eigenvalue weighted by atomic mass is 9.90. The highest BCUT2D eigenvalue weighted by molar-refractivity contribution is 5.89. The number of anilines is 1. The van der Waals surface area contributed by atoms with Crippen LogP contribution in [-0.4, -0.2) is 51.1 Å². The molecule has 1 aliphatic rings. The molecule has 0 bridgehead atoms. The smallest absolute Gasteiger partial charge is 0.408 e. The van der Waals surface area contributed by atoms with Crippen molar-refractivity contribution >= 4 is 17.8 Å². The second-order valence-electron chi connectivity index (χ2n) is 5.48. The summed E-state index contributed by atoms with van der Waals surface area (Å²) in [7, 11) is 0. The van der Waals surface area contributed by atoms with Crippen molar-refractivity contribution in [3.05, 3.63) is 12.3 Å². The molecule has 2 amide bonds. The molecule has 1 atom stereocenters. The monoisotopic (exact) mass is 320 g/mol. The summed E-state index contributed by atoms with van der Waals surface area (Å²) in [6.07, 6.45) is -2.97. The van der Waals surface area contributed by atoms with E-state index in [1.54, 1.807) is 6.92 Å². The number of urea groups is 1. The maximum Gasteiger partial charge on any atom is 0.408 e. The number of rotatable bonds is 3. The van der Waals surface area contributed by atoms with E-state index in [1.165, 1.54) is 11.0 Å². The topological polar surface area (TPSA) is 87.5 Å². The van der Waals surface area contributed by atoms with E-state index in [-0.39, 0.29) is 18.9 Å². The van der Waals surface area contributed by atoms with Gasteiger partial charge in [0.2, 0.25) is 0 Å². The summed E-state index contributed by atoms with van der Waals surface area (Å²) < 4.78 is 37.3. The zero-order valence-electron chi connectivity index (χ0n) is 11.7. The highest BCUT2D eigenvalue weighted by atomic mass is 19.4. The van der Waals surface area contributed by atoms with E-state index in [0.717, 1.165) is 6.20 Å². The number of likely N-dealkylation sites (tertiary alicyclic amines) is 1. The lowest BCUT2D eigenvalue weighted by molar-refractivity contribution is -0.147. The zero-order valence-corrected chi connectivity index (χ0v) is 11.7. The molecule has 7 nitrogen and oxygen atoms in total. The minimum atomic E-state index is -4.40. The molecule has 22 heavy (non-hydrogen) atoms. The average molecular weight is 320 g/mol. The van der Waals surface area contributed by atoms with Gasteiger partial charge in [-0.1, -0.05) is 0 Å². The number of carboxylic acids is 1. The average Bonchev–Trinajstić information content (AvgIpc) is 2.95. The molecule has 0 aliphatic carbocycles. The first kappa shape index (κ1) is 16.1. The number of carbonyl (C=O) groups is 2. The largest absolute Gasteiger partial charge is 0.481 e. The number of aliphatic carboxylic acids is 1. The van der Waals surface area contributed by atoms with Gasteiger partial charge in [0.05, 0.1) is 5.41 Å². The van der Waals surface area contributed by atoms with E-state index < -0.39 is 30.1 Å². The van der Waals surface area contributed by atoms with Crippen molar-refractivity contribution in [2.75, 3.05) is 18.4 Å². The van der Waals surface area contributed by atoms with Crippen LogP contribution in [-0.2, 0) is 11.3 Å². The Bertz CT molecular complexity index is 586. The fourth-order valence-electron chi connectivity index (χ4n) is 2.20. The van der Waals surface area contributed by atoms with Crippen LogP contribution in [0.3, 0.4) is 0 Å². The SMILES string of the molecule is CC1(C(=O)O)CCN(C(=O)Nc2ccn(CC(F)(F)F)n2)C1. The maximum atomic E-state index is 12.2. The van der Waals surface area contributed by atoms with E-state index in [0.29, 0.717) is 11.1 Å². The fourth-order valence-corrected chi connectivity index (χ4v) is 2.20. The van der Waals surface area contributed by atoms with Gasteiger partial charge in [0.25, 0.3) is 0 Å². The van der Waals surface area contributed by atoms with Crippen molar-refractivity contribution in [1.29, 1.82) is 0 Å². The number of carbonyl (C=O) groups excluding carboxylic acids is 1. The first-order valence-electron chi connectivity index (χ1n) is 6.49. The lowest BCUT2D eigenvalue weighted by Crippen LogP contribution is -2.37. The Hall–Kier alpha value is -2.26. The maximum absolute atomic E-state index is 12.2. The minimum Gasteiger partial charge on any atom is -0.481 e. The summed E-state index contributed by atoms with van der Waals surface area (Å²) in [6.45, 7) is 0.597. The highest BCUT2D eigenvalue weighted by Crippen LogP contribution is 2.30. The Kier molecular flexibility index (Phi) is 4.03. The molecule has 0 aromatic carbocycles. The molecular weight excluding hydrogens is 305 g/mol. The van der Waals surface area contributed by atoms with Gasteiger partial charge in [0.1, 0.15) is 6.54 Å². The minimum absolute atomic E-state index is 0.0156. The lowest BCUT2D eigenvalue weighted by Gasteiger charge is -2.20. The van der Waals surface area contributed by atoms with Crippen LogP contribution in [0.4, 0.5) is 23.8 Å². The number of nitrogens with zero attached hydrogens (tertiary/aromatic N) is 3. The first-order chi connectivity index (χ1) is 10.1. The van der Waals surface area contributed by atoms with Gasteiger partial charge in [-0.15, -0.1) is 0 Å². The zero-order chi connectivity index (χ0) is 16.5. The summed E-state index contributed by atoms with van der Waals surface area (Å²) in [5, 5.41) is 15.1. The van der Waals surface area contributed by atoms with Crippen molar-refractivity contribution < 1.29 is 27.9 Å². The van der Waals surface area contributed by atoms with E-state index in [1.807, 2.05) is 0 Å². The van der Waals surface area contributed by atoms with Gasteiger partial charge in [-0.3, -0.25) is 14.8 Å². The van der Waals surface area contributed by atoms with E-state index >= 15 is 0 Å². The summed E-state index contributed by atoms with van der Waals surface area (Å²) in [6, 6.07) is 0.665. The standard InChI is InChI=1S/C12H15F3N4O3/c1-11(9(20)21)3-5-18(6-11)10(22)16-8-2-4-19(17-8)7-12(13,14)15/h2,4H,3,5-7H2,1H3,(H,20,21)(H,16,17,22). The molecule has 2 N–H and O–H groups in total. The third-order valence-electron chi connectivity index (χ3n) is 3.49. The number of nitrogens with one attached hydrogen (secondary N) is 1. The van der Waals surface area contributed by atoms with Gasteiger partial charge >= 0.3 is 18.2 Å². The van der Waals surface area contributed by atoms with Crippen molar-refractivity contribution in [3.8, 4) is 0 Å². The molecule has 1 fully saturated rings. The predicted octanol–water partition coefficient (Wildman–Crippen LogP) is 1.77. The first-order valence-corrected chi connectivity index (χ1v) is 6.49. The predicted molar refractivity (Wildman–Crippen MR) is 69.2 cm³/mol. The number of amides is 2. The van der Waals surface area contributed by atoms with Crippen molar-refractivity contribution in [2.24, 2.45) is 5.41 Å². The summed E-state index contributed by atoms with van der Waals surface area (Å²) in [4.78, 5) is 24.4. The Morgan fingerprint density at radius 3 is 2.73 bits per heavy atom. The number of alkyl halides is 3. The second kappa shape index (κ2) is 5.50. The van der Waals surface area contributed by atoms with Crippen molar-refractivity contribution in [1.82, 2.24) is 14.7 Å². The Morgan fingerprint density at radius 2 is 2.18 bits per heavy atom. The Balaban J connectivity index is 1.95. The Morgan fingerprint density at radius 1 is 1.50 bits per heavy atom. The van der Waals surface area contributed by atoms with Crippen LogP contribution in [0.1, 0.15) is 13.3 Å². The van der Waals surface area contributed by atoms with Crippen LogP contribution in [0, 0.1) is 5.41 Å². The van der Waals surface area contributed by atoms with Gasteiger partial charge in [-0.05, 0) is 13.3 Å². The second-order valence-corrected chi connectivity index (χ2v) is 5.48. The molecule has 122 valence electrons. The van der Waals surface area contributed by atoms with Gasteiger partial charge in [-0.25, -0.2) is 4.79 Å². The molecule has 10 heteroatoms. The number of halogens is 3. The molecule has 1 aromatic rings. The van der Waals surface area contributed by atoms with Crippen molar-refractivity contribution in [2.45, 2.75) is 26.1 Å². The van der Waals surface area contributed by atoms with Gasteiger partial charge in [0, 0.05) is 25.4 Å². The van der Waals surface area contributed by atoms with Crippen LogP contribution in [0.5, 0.6) is 0 Å². The highest BCUT2D eigenvalue weighted by Gasteiger charge is 2.42. The summed E-state index contributed by atoms with van der Waals surface area (Å²) in [5.41, 5.74) is -1.01. The van der Waals surface area contributed by atoms with Gasteiger partial charge in [0.15, 0.2) is 5.82 Å². The fraction of sp³-hybridized carbons (Fsp3) is 0.583. The number of aromatic nitrogens is 2. The van der Waals surface area contributed by atoms with Crippen LogP contribution in [0.2, 0.25) is 0 Å². The molecule has 1 unspecified atom stereocenters. The molecule has 2 rings (SSSR count). The van der Waals surface area contributed by atoms with E-state index in [9.17, 15) is 22.8 Å². The third-order valence-corrected chi connectivity index (χ3v) is 3.49.